The smallest absolute Gasteiger partial charge is 0.346 e. The minimum Gasteiger partial charge on any atom is -0.466 e. The fourth-order valence-electron chi connectivity index (χ4n) is 2.16. The van der Waals surface area contributed by atoms with E-state index in [1.807, 2.05) is 18.2 Å². The molecule has 1 atom stereocenters. The summed E-state index contributed by atoms with van der Waals surface area (Å²) >= 11 is 3.39. The molecule has 1 aliphatic rings. The van der Waals surface area contributed by atoms with E-state index in [1.54, 1.807) is 6.92 Å². The predicted octanol–water partition coefficient (Wildman–Crippen LogP) is 2.85. The summed E-state index contributed by atoms with van der Waals surface area (Å²) in [4.78, 5) is 28.8. The van der Waals surface area contributed by atoms with Crippen LogP contribution in [0.25, 0.3) is 0 Å². The monoisotopic (exact) mass is 342 g/mol. The van der Waals surface area contributed by atoms with Gasteiger partial charge in [0.2, 0.25) is 0 Å². The summed E-state index contributed by atoms with van der Waals surface area (Å²) < 4.78 is 5.71. The number of amides is 2. The van der Waals surface area contributed by atoms with E-state index in [0.717, 1.165) is 15.1 Å². The van der Waals surface area contributed by atoms with Crippen molar-refractivity contribution >= 4 is 33.6 Å². The van der Waals surface area contributed by atoms with Gasteiger partial charge in [-0.2, -0.15) is 5.06 Å². The fraction of sp³-hybridized carbons (Fsp3) is 0.385. The molecule has 0 aliphatic carbocycles. The lowest BCUT2D eigenvalue weighted by atomic mass is 9.99. The van der Waals surface area contributed by atoms with Crippen molar-refractivity contribution in [1.29, 1.82) is 0 Å². The van der Waals surface area contributed by atoms with Crippen LogP contribution >= 0.6 is 15.9 Å². The average molecular weight is 343 g/mol. The summed E-state index contributed by atoms with van der Waals surface area (Å²) in [5.74, 6) is -0.375. The molecule has 1 aromatic carbocycles. The number of hydroxylamine groups is 2. The number of halogens is 1. The van der Waals surface area contributed by atoms with Crippen LogP contribution in [-0.4, -0.2) is 30.8 Å². The van der Waals surface area contributed by atoms with Crippen LogP contribution in [0, 0.1) is 0 Å². The van der Waals surface area contributed by atoms with Crippen molar-refractivity contribution in [2.45, 2.75) is 19.4 Å². The second kappa shape index (κ2) is 6.23. The third-order valence-corrected chi connectivity index (χ3v) is 3.64. The summed E-state index contributed by atoms with van der Waals surface area (Å²) in [6, 6.07) is 4.58. The zero-order valence-electron chi connectivity index (χ0n) is 11.2. The van der Waals surface area contributed by atoms with Crippen molar-refractivity contribution in [2.75, 3.05) is 19.0 Å². The van der Waals surface area contributed by atoms with E-state index in [0.29, 0.717) is 12.3 Å². The fourth-order valence-corrected chi connectivity index (χ4v) is 2.64. The molecular weight excluding hydrogens is 328 g/mol. The van der Waals surface area contributed by atoms with Gasteiger partial charge in [0.1, 0.15) is 0 Å². The summed E-state index contributed by atoms with van der Waals surface area (Å²) in [5.41, 5.74) is 1.45. The maximum absolute atomic E-state index is 12.0. The zero-order valence-corrected chi connectivity index (χ0v) is 12.8. The molecule has 108 valence electrons. The molecule has 7 heteroatoms. The summed E-state index contributed by atoms with van der Waals surface area (Å²) in [6.45, 7) is 2.04. The standard InChI is InChI=1S/C13H15BrN2O4/c1-3-20-11(17)7-10-8-5-4-6-9(14)12(8)15-13(18)16(10)19-2/h4-6,10H,3,7H2,1-2H3,(H,15,18). The third-order valence-electron chi connectivity index (χ3n) is 2.98. The van der Waals surface area contributed by atoms with Crippen LogP contribution in [0.4, 0.5) is 10.5 Å². The van der Waals surface area contributed by atoms with Crippen molar-refractivity contribution in [1.82, 2.24) is 5.06 Å². The number of rotatable bonds is 4. The van der Waals surface area contributed by atoms with Gasteiger partial charge in [0, 0.05) is 10.0 Å². The molecule has 0 saturated carbocycles. The minimum absolute atomic E-state index is 0.0402. The highest BCUT2D eigenvalue weighted by Crippen LogP contribution is 2.39. The number of fused-ring (bicyclic) bond motifs is 1. The number of para-hydroxylation sites is 1. The Balaban J connectivity index is 2.37. The number of esters is 1. The molecule has 0 saturated heterocycles. The van der Waals surface area contributed by atoms with Crippen molar-refractivity contribution in [3.05, 3.63) is 28.2 Å². The number of carbonyl (C=O) groups is 2. The van der Waals surface area contributed by atoms with E-state index in [2.05, 4.69) is 21.2 Å². The predicted molar refractivity (Wildman–Crippen MR) is 76.0 cm³/mol. The van der Waals surface area contributed by atoms with Gasteiger partial charge in [-0.05, 0) is 28.9 Å². The van der Waals surface area contributed by atoms with Crippen molar-refractivity contribution in [3.8, 4) is 0 Å². The molecule has 1 N–H and O–H groups in total. The Kier molecular flexibility index (Phi) is 4.61. The van der Waals surface area contributed by atoms with Gasteiger partial charge in [-0.3, -0.25) is 9.63 Å². The SMILES string of the molecule is CCOC(=O)CC1c2cccc(Br)c2NC(=O)N1OC. The Morgan fingerprint density at radius 1 is 1.50 bits per heavy atom. The number of nitrogens with zero attached hydrogens (tertiary/aromatic N) is 1. The number of hydrogen-bond acceptors (Lipinski definition) is 4. The molecule has 6 nitrogen and oxygen atoms in total. The highest BCUT2D eigenvalue weighted by atomic mass is 79.9. The van der Waals surface area contributed by atoms with E-state index < -0.39 is 12.1 Å². The van der Waals surface area contributed by atoms with E-state index in [-0.39, 0.29) is 12.4 Å². The van der Waals surface area contributed by atoms with Crippen LogP contribution in [0.2, 0.25) is 0 Å². The van der Waals surface area contributed by atoms with Gasteiger partial charge in [-0.15, -0.1) is 0 Å². The maximum atomic E-state index is 12.0. The number of anilines is 1. The van der Waals surface area contributed by atoms with E-state index >= 15 is 0 Å². The van der Waals surface area contributed by atoms with Gasteiger partial charge >= 0.3 is 12.0 Å². The molecule has 0 aromatic heterocycles. The lowest BCUT2D eigenvalue weighted by molar-refractivity contribution is -0.153. The highest BCUT2D eigenvalue weighted by molar-refractivity contribution is 9.10. The third kappa shape index (κ3) is 2.78. The van der Waals surface area contributed by atoms with Crippen molar-refractivity contribution in [2.24, 2.45) is 0 Å². The molecule has 1 unspecified atom stereocenters. The van der Waals surface area contributed by atoms with Gasteiger partial charge in [0.05, 0.1) is 31.9 Å². The Hall–Kier alpha value is -1.60. The molecule has 1 heterocycles. The number of ether oxygens (including phenoxy) is 1. The maximum Gasteiger partial charge on any atom is 0.346 e. The molecule has 0 spiro atoms. The van der Waals surface area contributed by atoms with Crippen LogP contribution in [0.15, 0.2) is 22.7 Å². The molecular formula is C13H15BrN2O4. The molecule has 1 aliphatic heterocycles. The lowest BCUT2D eigenvalue weighted by Crippen LogP contribution is -2.42. The molecule has 0 radical (unpaired) electrons. The number of hydrogen-bond donors (Lipinski definition) is 1. The first kappa shape index (κ1) is 14.8. The Bertz CT molecular complexity index is 535. The van der Waals surface area contributed by atoms with Crippen LogP contribution in [0.1, 0.15) is 24.9 Å². The highest BCUT2D eigenvalue weighted by Gasteiger charge is 2.35. The second-order valence-corrected chi connectivity index (χ2v) is 5.02. The van der Waals surface area contributed by atoms with Crippen LogP contribution in [0.5, 0.6) is 0 Å². The Labute approximate surface area is 125 Å². The second-order valence-electron chi connectivity index (χ2n) is 4.17. The lowest BCUT2D eigenvalue weighted by Gasteiger charge is -2.35. The Morgan fingerprint density at radius 2 is 2.25 bits per heavy atom. The number of carbonyl (C=O) groups excluding carboxylic acids is 2. The van der Waals surface area contributed by atoms with Crippen LogP contribution in [0.3, 0.4) is 0 Å². The van der Waals surface area contributed by atoms with Gasteiger partial charge in [0.15, 0.2) is 0 Å². The van der Waals surface area contributed by atoms with Crippen LogP contribution < -0.4 is 5.32 Å². The van der Waals surface area contributed by atoms with E-state index in [4.69, 9.17) is 9.57 Å². The molecule has 1 aromatic rings. The van der Waals surface area contributed by atoms with E-state index in [1.165, 1.54) is 7.11 Å². The number of benzene rings is 1. The zero-order chi connectivity index (χ0) is 14.7. The van der Waals surface area contributed by atoms with Crippen LogP contribution in [-0.2, 0) is 14.4 Å². The topological polar surface area (TPSA) is 67.9 Å². The molecule has 2 amide bonds. The first-order chi connectivity index (χ1) is 9.58. The minimum atomic E-state index is -0.514. The quantitative estimate of drug-likeness (QED) is 0.854. The molecule has 20 heavy (non-hydrogen) atoms. The van der Waals surface area contributed by atoms with Gasteiger partial charge in [-0.25, -0.2) is 4.79 Å². The first-order valence-electron chi connectivity index (χ1n) is 6.16. The summed E-state index contributed by atoms with van der Waals surface area (Å²) in [7, 11) is 1.39. The summed E-state index contributed by atoms with van der Waals surface area (Å²) in [5, 5.41) is 3.87. The first-order valence-corrected chi connectivity index (χ1v) is 6.96. The number of urea groups is 1. The van der Waals surface area contributed by atoms with Gasteiger partial charge in [0.25, 0.3) is 0 Å². The van der Waals surface area contributed by atoms with Crippen molar-refractivity contribution in [3.63, 3.8) is 0 Å². The average Bonchev–Trinajstić information content (AvgIpc) is 2.40. The molecule has 0 bridgehead atoms. The number of nitrogens with one attached hydrogen (secondary N) is 1. The van der Waals surface area contributed by atoms with Crippen molar-refractivity contribution < 1.29 is 19.2 Å². The molecule has 0 fully saturated rings. The normalized spacial score (nSPS) is 17.4. The van der Waals surface area contributed by atoms with Gasteiger partial charge < -0.3 is 10.1 Å². The largest absolute Gasteiger partial charge is 0.466 e. The van der Waals surface area contributed by atoms with Gasteiger partial charge in [-0.1, -0.05) is 12.1 Å². The molecule has 2 rings (SSSR count). The summed E-state index contributed by atoms with van der Waals surface area (Å²) in [6.07, 6.45) is 0.0402. The van der Waals surface area contributed by atoms with E-state index in [9.17, 15) is 9.59 Å². The Morgan fingerprint density at radius 3 is 2.90 bits per heavy atom.